The maximum atomic E-state index is 13.1. The Morgan fingerprint density at radius 2 is 2.21 bits per heavy atom. The largest absolute Gasteiger partial charge is 0.314 e. The highest BCUT2D eigenvalue weighted by molar-refractivity contribution is 7.14. The zero-order valence-electron chi connectivity index (χ0n) is 10.6. The van der Waals surface area contributed by atoms with Crippen molar-refractivity contribution in [1.29, 1.82) is 0 Å². The lowest BCUT2D eigenvalue weighted by molar-refractivity contribution is 0.628. The predicted octanol–water partition coefficient (Wildman–Crippen LogP) is 3.03. The van der Waals surface area contributed by atoms with E-state index in [0.717, 1.165) is 41.0 Å². The summed E-state index contributed by atoms with van der Waals surface area (Å²) in [4.78, 5) is 0. The summed E-state index contributed by atoms with van der Waals surface area (Å²) in [5.74, 6) is -0.233. The first kappa shape index (κ1) is 12.7. The quantitative estimate of drug-likeness (QED) is 0.825. The lowest BCUT2D eigenvalue weighted by Gasteiger charge is -1.99. The van der Waals surface area contributed by atoms with E-state index in [9.17, 15) is 4.39 Å². The van der Waals surface area contributed by atoms with Crippen LogP contribution in [-0.2, 0) is 6.42 Å². The Hall–Kier alpha value is -1.33. The highest BCUT2D eigenvalue weighted by atomic mass is 32.1. The summed E-state index contributed by atoms with van der Waals surface area (Å²) >= 11 is 1.55. The Bertz CT molecular complexity index is 551. The molecule has 1 heterocycles. The van der Waals surface area contributed by atoms with Crippen molar-refractivity contribution in [2.24, 2.45) is 0 Å². The molecule has 0 unspecified atom stereocenters. The van der Waals surface area contributed by atoms with Gasteiger partial charge < -0.3 is 5.32 Å². The van der Waals surface area contributed by atoms with Gasteiger partial charge in [0.05, 0.1) is 0 Å². The lowest BCUT2D eigenvalue weighted by Crippen LogP contribution is -2.17. The van der Waals surface area contributed by atoms with Crippen LogP contribution < -0.4 is 5.32 Å². The van der Waals surface area contributed by atoms with E-state index >= 15 is 0 Å². The molecule has 1 aromatic carbocycles. The smallest absolute Gasteiger partial charge is 0.147 e. The van der Waals surface area contributed by atoms with Crippen molar-refractivity contribution < 1.29 is 4.39 Å². The van der Waals surface area contributed by atoms with Crippen LogP contribution in [0.3, 0.4) is 0 Å². The van der Waals surface area contributed by atoms with Gasteiger partial charge in [0.15, 0.2) is 0 Å². The molecule has 0 spiro atoms. The molecule has 1 aromatic heterocycles. The van der Waals surface area contributed by atoms with E-state index < -0.39 is 0 Å². The van der Waals surface area contributed by atoms with E-state index in [1.807, 2.05) is 6.07 Å². The van der Waals surface area contributed by atoms with Crippen LogP contribution in [-0.4, -0.2) is 22.8 Å². The van der Waals surface area contributed by atoms with Gasteiger partial charge in [-0.15, -0.1) is 10.2 Å². The molecule has 1 saturated carbocycles. The van der Waals surface area contributed by atoms with Gasteiger partial charge in [0.2, 0.25) is 0 Å². The Morgan fingerprint density at radius 1 is 1.32 bits per heavy atom. The third kappa shape index (κ3) is 3.58. The van der Waals surface area contributed by atoms with Gasteiger partial charge >= 0.3 is 0 Å². The van der Waals surface area contributed by atoms with Gasteiger partial charge in [0.1, 0.15) is 15.8 Å². The molecular weight excluding hydrogens is 261 g/mol. The minimum absolute atomic E-state index is 0.233. The van der Waals surface area contributed by atoms with Crippen molar-refractivity contribution in [1.82, 2.24) is 15.5 Å². The number of hydrogen-bond donors (Lipinski definition) is 1. The summed E-state index contributed by atoms with van der Waals surface area (Å²) in [5.41, 5.74) is 0.805. The topological polar surface area (TPSA) is 37.8 Å². The molecule has 3 nitrogen and oxygen atoms in total. The zero-order chi connectivity index (χ0) is 13.1. The minimum Gasteiger partial charge on any atom is -0.314 e. The molecule has 1 N–H and O–H groups in total. The summed E-state index contributed by atoms with van der Waals surface area (Å²) in [6.07, 6.45) is 4.66. The highest BCUT2D eigenvalue weighted by Crippen LogP contribution is 2.24. The molecule has 0 saturated heterocycles. The van der Waals surface area contributed by atoms with Gasteiger partial charge in [-0.05, 0) is 37.9 Å². The molecule has 3 rings (SSSR count). The predicted molar refractivity (Wildman–Crippen MR) is 74.6 cm³/mol. The summed E-state index contributed by atoms with van der Waals surface area (Å²) in [6.45, 7) is 1.04. The molecule has 0 atom stereocenters. The van der Waals surface area contributed by atoms with Crippen molar-refractivity contribution in [3.05, 3.63) is 35.1 Å². The summed E-state index contributed by atoms with van der Waals surface area (Å²) in [5, 5.41) is 13.6. The van der Waals surface area contributed by atoms with Gasteiger partial charge in [-0.2, -0.15) is 0 Å². The van der Waals surface area contributed by atoms with Crippen LogP contribution >= 0.6 is 11.3 Å². The third-order valence-corrected chi connectivity index (χ3v) is 4.15. The van der Waals surface area contributed by atoms with E-state index in [1.54, 1.807) is 17.4 Å². The van der Waals surface area contributed by atoms with Crippen molar-refractivity contribution in [3.8, 4) is 10.6 Å². The average molecular weight is 277 g/mol. The second-order valence-corrected chi connectivity index (χ2v) is 5.91. The molecule has 1 fully saturated rings. The maximum Gasteiger partial charge on any atom is 0.147 e. The summed E-state index contributed by atoms with van der Waals surface area (Å²) in [6, 6.07) is 7.26. The number of aromatic nitrogens is 2. The van der Waals surface area contributed by atoms with Gasteiger partial charge in [-0.1, -0.05) is 23.5 Å². The Morgan fingerprint density at radius 3 is 3.00 bits per heavy atom. The SMILES string of the molecule is Fc1cccc(-c2nnc(CCCNC3CC3)s2)c1. The Labute approximate surface area is 115 Å². The normalized spacial score (nSPS) is 14.8. The molecule has 19 heavy (non-hydrogen) atoms. The molecule has 0 amide bonds. The fourth-order valence-electron chi connectivity index (χ4n) is 1.93. The Kier molecular flexibility index (Phi) is 3.84. The van der Waals surface area contributed by atoms with E-state index in [0.29, 0.717) is 0 Å². The molecule has 1 aliphatic carbocycles. The second-order valence-electron chi connectivity index (χ2n) is 4.84. The molecule has 5 heteroatoms. The van der Waals surface area contributed by atoms with Crippen LogP contribution in [0.5, 0.6) is 0 Å². The molecule has 100 valence electrons. The van der Waals surface area contributed by atoms with Gasteiger partial charge in [0, 0.05) is 18.0 Å². The van der Waals surface area contributed by atoms with E-state index in [4.69, 9.17) is 0 Å². The van der Waals surface area contributed by atoms with Crippen LogP contribution in [0.25, 0.3) is 10.6 Å². The first-order valence-electron chi connectivity index (χ1n) is 6.63. The number of benzene rings is 1. The number of nitrogens with one attached hydrogen (secondary N) is 1. The van der Waals surface area contributed by atoms with Crippen molar-refractivity contribution in [2.75, 3.05) is 6.54 Å². The maximum absolute atomic E-state index is 13.1. The minimum atomic E-state index is -0.233. The molecular formula is C14H16FN3S. The summed E-state index contributed by atoms with van der Waals surface area (Å²) in [7, 11) is 0. The number of hydrogen-bond acceptors (Lipinski definition) is 4. The lowest BCUT2D eigenvalue weighted by atomic mass is 10.2. The van der Waals surface area contributed by atoms with E-state index in [-0.39, 0.29) is 5.82 Å². The van der Waals surface area contributed by atoms with Gasteiger partial charge in [-0.25, -0.2) is 4.39 Å². The van der Waals surface area contributed by atoms with Gasteiger partial charge in [0.25, 0.3) is 0 Å². The second kappa shape index (κ2) is 5.75. The summed E-state index contributed by atoms with van der Waals surface area (Å²) < 4.78 is 13.1. The first-order valence-corrected chi connectivity index (χ1v) is 7.44. The molecule has 0 radical (unpaired) electrons. The van der Waals surface area contributed by atoms with Crippen molar-refractivity contribution in [3.63, 3.8) is 0 Å². The standard InChI is InChI=1S/C14H16FN3S/c15-11-4-1-3-10(9-11)14-18-17-13(19-14)5-2-8-16-12-6-7-12/h1,3-4,9,12,16H,2,5-8H2. The Balaban J connectivity index is 1.56. The van der Waals surface area contributed by atoms with Crippen LogP contribution in [0.2, 0.25) is 0 Å². The highest BCUT2D eigenvalue weighted by Gasteiger charge is 2.19. The first-order chi connectivity index (χ1) is 9.31. The monoisotopic (exact) mass is 277 g/mol. The number of nitrogens with zero attached hydrogens (tertiary/aromatic N) is 2. The fourth-order valence-corrected chi connectivity index (χ4v) is 2.80. The van der Waals surface area contributed by atoms with Crippen LogP contribution in [0, 0.1) is 5.82 Å². The number of aryl methyl sites for hydroxylation is 1. The van der Waals surface area contributed by atoms with Crippen LogP contribution in [0.1, 0.15) is 24.3 Å². The molecule has 1 aliphatic rings. The fraction of sp³-hybridized carbons (Fsp3) is 0.429. The molecule has 0 aliphatic heterocycles. The average Bonchev–Trinajstić information content (AvgIpc) is 3.11. The van der Waals surface area contributed by atoms with Crippen LogP contribution in [0.15, 0.2) is 24.3 Å². The van der Waals surface area contributed by atoms with E-state index in [2.05, 4.69) is 15.5 Å². The number of rotatable bonds is 6. The number of halogens is 1. The van der Waals surface area contributed by atoms with Crippen molar-refractivity contribution >= 4 is 11.3 Å². The van der Waals surface area contributed by atoms with Crippen molar-refractivity contribution in [2.45, 2.75) is 31.7 Å². The van der Waals surface area contributed by atoms with E-state index in [1.165, 1.54) is 25.0 Å². The molecule has 0 bridgehead atoms. The molecule has 2 aromatic rings. The third-order valence-electron chi connectivity index (χ3n) is 3.12. The van der Waals surface area contributed by atoms with Crippen LogP contribution in [0.4, 0.5) is 4.39 Å². The van der Waals surface area contributed by atoms with Gasteiger partial charge in [-0.3, -0.25) is 0 Å². The zero-order valence-corrected chi connectivity index (χ0v) is 11.4.